The highest BCUT2D eigenvalue weighted by Crippen LogP contribution is 2.46. The Morgan fingerprint density at radius 3 is 2.62 bits per heavy atom. The van der Waals surface area contributed by atoms with E-state index >= 15 is 0 Å². The molecule has 0 saturated heterocycles. The molecule has 1 saturated carbocycles. The van der Waals surface area contributed by atoms with Gasteiger partial charge < -0.3 is 10.0 Å². The molecule has 2 atom stereocenters. The molecule has 1 aliphatic carbocycles. The summed E-state index contributed by atoms with van der Waals surface area (Å²) in [7, 11) is 3.51. The lowest BCUT2D eigenvalue weighted by atomic mass is 9.62. The minimum atomic E-state index is -0.704. The summed E-state index contributed by atoms with van der Waals surface area (Å²) in [6, 6.07) is 5.37. The lowest BCUT2D eigenvalue weighted by Gasteiger charge is -2.44. The number of benzene rings is 1. The van der Waals surface area contributed by atoms with Gasteiger partial charge in [-0.1, -0.05) is 42.1 Å². The molecule has 0 heterocycles. The van der Waals surface area contributed by atoms with Gasteiger partial charge in [-0.15, -0.1) is 0 Å². The van der Waals surface area contributed by atoms with Crippen molar-refractivity contribution in [3.63, 3.8) is 0 Å². The number of carbonyl (C=O) groups is 1. The number of nitrogens with zero attached hydrogens (tertiary/aromatic N) is 1. The third-order valence-electron chi connectivity index (χ3n) is 4.51. The fourth-order valence-electron chi connectivity index (χ4n) is 3.45. The topological polar surface area (TPSA) is 40.5 Å². The predicted molar refractivity (Wildman–Crippen MR) is 85.9 cm³/mol. The standard InChI is InChI=1S/C16H21Cl2NO2/c1-19(2)15(21)16(8-4-3-5-12(16)10-20)11-6-7-13(17)14(18)9-11/h6-7,9,12,20H,3-5,8,10H2,1-2H3. The van der Waals surface area contributed by atoms with Crippen molar-refractivity contribution in [1.29, 1.82) is 0 Å². The van der Waals surface area contributed by atoms with Crippen LogP contribution in [0.3, 0.4) is 0 Å². The van der Waals surface area contributed by atoms with Gasteiger partial charge in [-0.25, -0.2) is 0 Å². The molecule has 2 rings (SSSR count). The van der Waals surface area contributed by atoms with Crippen LogP contribution in [0.2, 0.25) is 10.0 Å². The molecule has 1 N–H and O–H groups in total. The number of carbonyl (C=O) groups excluding carboxylic acids is 1. The highest BCUT2D eigenvalue weighted by atomic mass is 35.5. The molecule has 0 radical (unpaired) electrons. The average Bonchev–Trinajstić information content (AvgIpc) is 2.48. The largest absolute Gasteiger partial charge is 0.396 e. The molecular formula is C16H21Cl2NO2. The van der Waals surface area contributed by atoms with E-state index in [-0.39, 0.29) is 18.4 Å². The minimum Gasteiger partial charge on any atom is -0.396 e. The summed E-state index contributed by atoms with van der Waals surface area (Å²) >= 11 is 12.2. The number of aliphatic hydroxyl groups excluding tert-OH is 1. The molecular weight excluding hydrogens is 309 g/mol. The van der Waals surface area contributed by atoms with Crippen molar-refractivity contribution >= 4 is 29.1 Å². The molecule has 1 fully saturated rings. The minimum absolute atomic E-state index is 0.000173. The van der Waals surface area contributed by atoms with Gasteiger partial charge >= 0.3 is 0 Å². The Balaban J connectivity index is 2.58. The van der Waals surface area contributed by atoms with E-state index in [9.17, 15) is 9.90 Å². The van der Waals surface area contributed by atoms with Crippen molar-refractivity contribution in [1.82, 2.24) is 4.90 Å². The highest BCUT2D eigenvalue weighted by Gasteiger charge is 2.48. The van der Waals surface area contributed by atoms with Crippen molar-refractivity contribution in [2.24, 2.45) is 5.92 Å². The van der Waals surface area contributed by atoms with E-state index in [1.807, 2.05) is 6.07 Å². The van der Waals surface area contributed by atoms with Crippen LogP contribution in [0.1, 0.15) is 31.2 Å². The number of hydrogen-bond donors (Lipinski definition) is 1. The zero-order chi connectivity index (χ0) is 15.6. The van der Waals surface area contributed by atoms with E-state index in [0.717, 1.165) is 31.2 Å². The Labute approximate surface area is 135 Å². The van der Waals surface area contributed by atoms with Gasteiger partial charge in [-0.3, -0.25) is 4.79 Å². The van der Waals surface area contributed by atoms with Crippen LogP contribution in [0, 0.1) is 5.92 Å². The molecule has 21 heavy (non-hydrogen) atoms. The number of halogens is 2. The Hall–Kier alpha value is -0.770. The number of aliphatic hydroxyl groups is 1. The van der Waals surface area contributed by atoms with Crippen LogP contribution in [0.5, 0.6) is 0 Å². The van der Waals surface area contributed by atoms with Crippen molar-refractivity contribution in [2.75, 3.05) is 20.7 Å². The van der Waals surface area contributed by atoms with E-state index in [1.54, 1.807) is 31.1 Å². The highest BCUT2D eigenvalue weighted by molar-refractivity contribution is 6.42. The first-order valence-corrected chi connectivity index (χ1v) is 7.97. The fraction of sp³-hybridized carbons (Fsp3) is 0.562. The predicted octanol–water partition coefficient (Wildman–Crippen LogP) is 3.50. The van der Waals surface area contributed by atoms with Crippen LogP contribution >= 0.6 is 23.2 Å². The van der Waals surface area contributed by atoms with Gasteiger partial charge in [0.1, 0.15) is 0 Å². The number of hydrogen-bond acceptors (Lipinski definition) is 2. The zero-order valence-electron chi connectivity index (χ0n) is 12.4. The Bertz CT molecular complexity index is 533. The van der Waals surface area contributed by atoms with Crippen molar-refractivity contribution in [2.45, 2.75) is 31.1 Å². The normalized spacial score (nSPS) is 25.7. The second-order valence-corrected chi connectivity index (χ2v) is 6.74. The van der Waals surface area contributed by atoms with Crippen LogP contribution in [0.15, 0.2) is 18.2 Å². The quantitative estimate of drug-likeness (QED) is 0.921. The van der Waals surface area contributed by atoms with E-state index < -0.39 is 5.41 Å². The molecule has 0 aromatic heterocycles. The summed E-state index contributed by atoms with van der Waals surface area (Å²) < 4.78 is 0. The Morgan fingerprint density at radius 1 is 1.33 bits per heavy atom. The molecule has 3 nitrogen and oxygen atoms in total. The van der Waals surface area contributed by atoms with Gasteiger partial charge in [0, 0.05) is 26.6 Å². The van der Waals surface area contributed by atoms with Crippen molar-refractivity contribution in [3.8, 4) is 0 Å². The number of likely N-dealkylation sites (N-methyl/N-ethyl adjacent to an activating group) is 1. The fourth-order valence-corrected chi connectivity index (χ4v) is 3.75. The van der Waals surface area contributed by atoms with Gasteiger partial charge in [0.15, 0.2) is 0 Å². The smallest absolute Gasteiger partial charge is 0.233 e. The van der Waals surface area contributed by atoms with E-state index in [2.05, 4.69) is 0 Å². The lowest BCUT2D eigenvalue weighted by molar-refractivity contribution is -0.139. The third-order valence-corrected chi connectivity index (χ3v) is 5.25. The van der Waals surface area contributed by atoms with Gasteiger partial charge in [-0.05, 0) is 30.5 Å². The van der Waals surface area contributed by atoms with Gasteiger partial charge in [0.05, 0.1) is 15.5 Å². The van der Waals surface area contributed by atoms with E-state index in [0.29, 0.717) is 10.0 Å². The second kappa shape index (κ2) is 6.55. The van der Waals surface area contributed by atoms with Gasteiger partial charge in [0.2, 0.25) is 5.91 Å². The third kappa shape index (κ3) is 2.92. The Morgan fingerprint density at radius 2 is 2.05 bits per heavy atom. The van der Waals surface area contributed by atoms with Crippen LogP contribution in [-0.2, 0) is 10.2 Å². The maximum Gasteiger partial charge on any atom is 0.233 e. The molecule has 0 spiro atoms. The first-order valence-electron chi connectivity index (χ1n) is 7.21. The van der Waals surface area contributed by atoms with E-state index in [1.165, 1.54) is 0 Å². The summed E-state index contributed by atoms with van der Waals surface area (Å²) in [5, 5.41) is 10.7. The maximum absolute atomic E-state index is 12.9. The first kappa shape index (κ1) is 16.6. The number of amides is 1. The van der Waals surface area contributed by atoms with E-state index in [4.69, 9.17) is 23.2 Å². The summed E-state index contributed by atoms with van der Waals surface area (Å²) in [4.78, 5) is 14.5. The van der Waals surface area contributed by atoms with Crippen molar-refractivity contribution < 1.29 is 9.90 Å². The molecule has 5 heteroatoms. The lowest BCUT2D eigenvalue weighted by Crippen LogP contribution is -2.51. The average molecular weight is 330 g/mol. The SMILES string of the molecule is CN(C)C(=O)C1(c2ccc(Cl)c(Cl)c2)CCCCC1CO. The van der Waals surface area contributed by atoms with Crippen LogP contribution in [-0.4, -0.2) is 36.6 Å². The molecule has 1 aromatic carbocycles. The monoisotopic (exact) mass is 329 g/mol. The summed E-state index contributed by atoms with van der Waals surface area (Å²) in [5.74, 6) is -0.0574. The summed E-state index contributed by atoms with van der Waals surface area (Å²) in [6.07, 6.45) is 3.58. The van der Waals surface area contributed by atoms with Gasteiger partial charge in [-0.2, -0.15) is 0 Å². The molecule has 0 aliphatic heterocycles. The van der Waals surface area contributed by atoms with Crippen LogP contribution in [0.25, 0.3) is 0 Å². The molecule has 1 amide bonds. The molecule has 2 unspecified atom stereocenters. The maximum atomic E-state index is 12.9. The first-order chi connectivity index (χ1) is 9.93. The number of rotatable bonds is 3. The van der Waals surface area contributed by atoms with Crippen LogP contribution in [0.4, 0.5) is 0 Å². The zero-order valence-corrected chi connectivity index (χ0v) is 13.9. The molecule has 1 aromatic rings. The summed E-state index contributed by atoms with van der Waals surface area (Å²) in [5.41, 5.74) is 0.152. The molecule has 0 bridgehead atoms. The second-order valence-electron chi connectivity index (χ2n) is 5.93. The Kier molecular flexibility index (Phi) is 5.18. The molecule has 1 aliphatic rings. The summed E-state index contributed by atoms with van der Waals surface area (Å²) in [6.45, 7) is -0.000173. The van der Waals surface area contributed by atoms with Gasteiger partial charge in [0.25, 0.3) is 0 Å². The van der Waals surface area contributed by atoms with Crippen molar-refractivity contribution in [3.05, 3.63) is 33.8 Å². The van der Waals surface area contributed by atoms with Crippen LogP contribution < -0.4 is 0 Å². The molecule has 116 valence electrons.